The van der Waals surface area contributed by atoms with Crippen LogP contribution in [0, 0.1) is 0 Å². The summed E-state index contributed by atoms with van der Waals surface area (Å²) in [4.78, 5) is 11.3. The molecule has 3 heteroatoms. The van der Waals surface area contributed by atoms with Crippen LogP contribution in [0.1, 0.15) is 23.6 Å². The highest BCUT2D eigenvalue weighted by Crippen LogP contribution is 2.16. The predicted molar refractivity (Wildman–Crippen MR) is 67.9 cm³/mol. The second kappa shape index (κ2) is 6.29. The highest BCUT2D eigenvalue weighted by molar-refractivity contribution is 9.08. The first-order chi connectivity index (χ1) is 7.21. The maximum atomic E-state index is 11.3. The number of aryl methyl sites for hydroxylation is 1. The summed E-state index contributed by atoms with van der Waals surface area (Å²) in [6, 6.07) is 6.27. The van der Waals surface area contributed by atoms with Gasteiger partial charge in [-0.1, -0.05) is 41.1 Å². The lowest BCUT2D eigenvalue weighted by atomic mass is 10.00. The number of benzene rings is 1. The zero-order valence-corrected chi connectivity index (χ0v) is 11.1. The number of ketones is 1. The zero-order chi connectivity index (χ0) is 11.3. The minimum absolute atomic E-state index is 0.0760. The van der Waals surface area contributed by atoms with Crippen LogP contribution in [0.25, 0.3) is 0 Å². The van der Waals surface area contributed by atoms with Crippen LogP contribution in [0.5, 0.6) is 0 Å². The predicted octanol–water partition coefficient (Wildman–Crippen LogP) is 3.49. The molecule has 1 aromatic rings. The van der Waals surface area contributed by atoms with Gasteiger partial charge in [-0.05, 0) is 23.1 Å². The number of Topliss-reactive ketones (excluding diaryl/α,β-unsaturated/α-hetero) is 1. The SMILES string of the molecule is CCc1ccc(CBr)c(CC(=O)CCl)c1. The molecule has 0 N–H and O–H groups in total. The Bertz CT molecular complexity index is 349. The van der Waals surface area contributed by atoms with Crippen LogP contribution >= 0.6 is 27.5 Å². The first-order valence-corrected chi connectivity index (χ1v) is 6.61. The first-order valence-electron chi connectivity index (χ1n) is 4.95. The van der Waals surface area contributed by atoms with Crippen molar-refractivity contribution in [2.75, 3.05) is 5.88 Å². The molecule has 82 valence electrons. The Hall–Kier alpha value is -0.340. The monoisotopic (exact) mass is 288 g/mol. The van der Waals surface area contributed by atoms with Crippen molar-refractivity contribution >= 4 is 33.3 Å². The van der Waals surface area contributed by atoms with Gasteiger partial charge in [0, 0.05) is 11.8 Å². The first kappa shape index (κ1) is 12.7. The van der Waals surface area contributed by atoms with Gasteiger partial charge in [0.2, 0.25) is 0 Å². The van der Waals surface area contributed by atoms with Crippen LogP contribution in [0.15, 0.2) is 18.2 Å². The normalized spacial score (nSPS) is 10.3. The van der Waals surface area contributed by atoms with E-state index < -0.39 is 0 Å². The molecule has 0 aliphatic carbocycles. The minimum Gasteiger partial charge on any atom is -0.298 e. The van der Waals surface area contributed by atoms with Crippen molar-refractivity contribution in [2.24, 2.45) is 0 Å². The van der Waals surface area contributed by atoms with Gasteiger partial charge < -0.3 is 0 Å². The van der Waals surface area contributed by atoms with Crippen LogP contribution < -0.4 is 0 Å². The third-order valence-electron chi connectivity index (χ3n) is 2.36. The molecule has 0 aliphatic rings. The van der Waals surface area contributed by atoms with Crippen molar-refractivity contribution in [3.05, 3.63) is 34.9 Å². The van der Waals surface area contributed by atoms with E-state index in [1.807, 2.05) is 0 Å². The Balaban J connectivity index is 2.95. The topological polar surface area (TPSA) is 17.1 Å². The Morgan fingerprint density at radius 1 is 1.40 bits per heavy atom. The number of alkyl halides is 2. The van der Waals surface area contributed by atoms with Crippen LogP contribution in [-0.4, -0.2) is 11.7 Å². The van der Waals surface area contributed by atoms with E-state index in [1.54, 1.807) is 0 Å². The highest BCUT2D eigenvalue weighted by atomic mass is 79.9. The van der Waals surface area contributed by atoms with Gasteiger partial charge >= 0.3 is 0 Å². The molecule has 0 aliphatic heterocycles. The summed E-state index contributed by atoms with van der Waals surface area (Å²) in [5, 5.41) is 0.780. The van der Waals surface area contributed by atoms with Gasteiger partial charge in [-0.3, -0.25) is 4.79 Å². The van der Waals surface area contributed by atoms with Crippen LogP contribution in [0.2, 0.25) is 0 Å². The third kappa shape index (κ3) is 3.62. The molecule has 0 radical (unpaired) electrons. The van der Waals surface area contributed by atoms with Gasteiger partial charge in [0.05, 0.1) is 5.88 Å². The van der Waals surface area contributed by atoms with E-state index >= 15 is 0 Å². The van der Waals surface area contributed by atoms with Crippen molar-refractivity contribution in [1.82, 2.24) is 0 Å². The van der Waals surface area contributed by atoms with E-state index in [9.17, 15) is 4.79 Å². The lowest BCUT2D eigenvalue weighted by Crippen LogP contribution is -2.06. The number of rotatable bonds is 5. The molecule has 0 bridgehead atoms. The number of halogens is 2. The fourth-order valence-electron chi connectivity index (χ4n) is 1.45. The van der Waals surface area contributed by atoms with Gasteiger partial charge in [0.25, 0.3) is 0 Å². The van der Waals surface area contributed by atoms with Crippen molar-refractivity contribution in [3.8, 4) is 0 Å². The fraction of sp³-hybridized carbons (Fsp3) is 0.417. The van der Waals surface area contributed by atoms with Gasteiger partial charge in [0.1, 0.15) is 0 Å². The van der Waals surface area contributed by atoms with Crippen molar-refractivity contribution in [1.29, 1.82) is 0 Å². The number of hydrogen-bond acceptors (Lipinski definition) is 1. The van der Waals surface area contributed by atoms with E-state index in [0.29, 0.717) is 6.42 Å². The van der Waals surface area contributed by atoms with Crippen molar-refractivity contribution in [3.63, 3.8) is 0 Å². The summed E-state index contributed by atoms with van der Waals surface area (Å²) in [6.07, 6.45) is 1.43. The lowest BCUT2D eigenvalue weighted by Gasteiger charge is -2.08. The summed E-state index contributed by atoms with van der Waals surface area (Å²) in [7, 11) is 0. The number of hydrogen-bond donors (Lipinski definition) is 0. The molecule has 0 saturated heterocycles. The summed E-state index contributed by atoms with van der Waals surface area (Å²) >= 11 is 8.93. The van der Waals surface area contributed by atoms with Crippen LogP contribution in [-0.2, 0) is 23.0 Å². The second-order valence-electron chi connectivity index (χ2n) is 3.44. The van der Waals surface area contributed by atoms with Gasteiger partial charge in [-0.25, -0.2) is 0 Å². The van der Waals surface area contributed by atoms with Gasteiger partial charge in [0.15, 0.2) is 5.78 Å². The molecule has 0 unspecified atom stereocenters. The average Bonchev–Trinajstić information content (AvgIpc) is 2.28. The van der Waals surface area contributed by atoms with Gasteiger partial charge in [-0.2, -0.15) is 0 Å². The maximum absolute atomic E-state index is 11.3. The summed E-state index contributed by atoms with van der Waals surface area (Å²) in [5.41, 5.74) is 3.53. The number of carbonyl (C=O) groups excluding carboxylic acids is 1. The Morgan fingerprint density at radius 2 is 2.13 bits per heavy atom. The van der Waals surface area contributed by atoms with Crippen LogP contribution in [0.3, 0.4) is 0 Å². The molecule has 0 amide bonds. The molecule has 0 fully saturated rings. The van der Waals surface area contributed by atoms with Gasteiger partial charge in [-0.15, -0.1) is 11.6 Å². The summed E-state index contributed by atoms with van der Waals surface area (Å²) < 4.78 is 0. The number of carbonyl (C=O) groups is 1. The maximum Gasteiger partial charge on any atom is 0.151 e. The molecular formula is C12H14BrClO. The van der Waals surface area contributed by atoms with Crippen molar-refractivity contribution in [2.45, 2.75) is 25.1 Å². The molecule has 1 nitrogen and oxygen atoms in total. The Morgan fingerprint density at radius 3 is 2.67 bits per heavy atom. The molecule has 0 heterocycles. The van der Waals surface area contributed by atoms with E-state index in [1.165, 1.54) is 11.1 Å². The second-order valence-corrected chi connectivity index (χ2v) is 4.27. The van der Waals surface area contributed by atoms with E-state index in [4.69, 9.17) is 11.6 Å². The smallest absolute Gasteiger partial charge is 0.151 e. The Labute approximate surface area is 104 Å². The third-order valence-corrected chi connectivity index (χ3v) is 3.26. The largest absolute Gasteiger partial charge is 0.298 e. The average molecular weight is 290 g/mol. The highest BCUT2D eigenvalue weighted by Gasteiger charge is 2.07. The quantitative estimate of drug-likeness (QED) is 0.758. The van der Waals surface area contributed by atoms with E-state index in [2.05, 4.69) is 41.1 Å². The zero-order valence-electron chi connectivity index (χ0n) is 8.72. The standard InChI is InChI=1S/C12H14BrClO/c1-2-9-3-4-10(7-13)11(5-9)6-12(15)8-14/h3-5H,2,6-8H2,1H3. The van der Waals surface area contributed by atoms with E-state index in [0.717, 1.165) is 17.3 Å². The molecule has 1 aromatic carbocycles. The molecule has 0 saturated carbocycles. The molecular weight excluding hydrogens is 275 g/mol. The molecule has 15 heavy (non-hydrogen) atoms. The molecule has 0 atom stereocenters. The summed E-state index contributed by atoms with van der Waals surface area (Å²) in [6.45, 7) is 2.11. The fourth-order valence-corrected chi connectivity index (χ4v) is 2.10. The molecule has 1 rings (SSSR count). The van der Waals surface area contributed by atoms with E-state index in [-0.39, 0.29) is 11.7 Å². The summed E-state index contributed by atoms with van der Waals surface area (Å²) in [5.74, 6) is 0.171. The minimum atomic E-state index is 0.0760. The van der Waals surface area contributed by atoms with Crippen molar-refractivity contribution < 1.29 is 4.79 Å². The lowest BCUT2D eigenvalue weighted by molar-refractivity contribution is -0.116. The molecule has 0 spiro atoms. The molecule has 0 aromatic heterocycles. The Kier molecular flexibility index (Phi) is 5.34. The van der Waals surface area contributed by atoms with Crippen LogP contribution in [0.4, 0.5) is 0 Å².